The van der Waals surface area contributed by atoms with Gasteiger partial charge >= 0.3 is 5.97 Å². The van der Waals surface area contributed by atoms with Crippen molar-refractivity contribution >= 4 is 11.9 Å². The molecule has 6 nitrogen and oxygen atoms in total. The van der Waals surface area contributed by atoms with Gasteiger partial charge in [-0.05, 0) is 32.1 Å². The van der Waals surface area contributed by atoms with Crippen molar-refractivity contribution in [2.24, 2.45) is 0 Å². The van der Waals surface area contributed by atoms with Gasteiger partial charge in [0.15, 0.2) is 0 Å². The summed E-state index contributed by atoms with van der Waals surface area (Å²) in [5.74, 6) is -0.0523. The van der Waals surface area contributed by atoms with Crippen molar-refractivity contribution in [2.75, 3.05) is 13.2 Å². The Morgan fingerprint density at radius 3 is 0.958 bits per heavy atom. The number of unbranched alkanes of at least 4 members (excludes halogenated alkanes) is 50. The SMILES string of the molecule is CCCCCCCCCCCCCCCCCCC/C=C/C(O)C(CO)NC(=O)CCCCCCCCCCCCCCCCCCCCCCOC(=O)CCCCCCCCCCCCCCCCC. The van der Waals surface area contributed by atoms with Crippen molar-refractivity contribution in [3.8, 4) is 0 Å². The van der Waals surface area contributed by atoms with Gasteiger partial charge in [-0.1, -0.05) is 334 Å². The lowest BCUT2D eigenvalue weighted by Crippen LogP contribution is -2.45. The number of esters is 1. The van der Waals surface area contributed by atoms with Gasteiger partial charge in [0.25, 0.3) is 0 Å². The van der Waals surface area contributed by atoms with Crippen LogP contribution in [0.2, 0.25) is 0 Å². The van der Waals surface area contributed by atoms with E-state index in [1.54, 1.807) is 6.08 Å². The van der Waals surface area contributed by atoms with Crippen LogP contribution in [0.1, 0.15) is 367 Å². The van der Waals surface area contributed by atoms with E-state index in [1.165, 1.54) is 302 Å². The van der Waals surface area contributed by atoms with Crippen LogP contribution < -0.4 is 5.32 Å². The monoisotopic (exact) mass is 1000 g/mol. The first-order valence-corrected chi connectivity index (χ1v) is 32.5. The summed E-state index contributed by atoms with van der Waals surface area (Å²) in [5, 5.41) is 23.2. The first-order valence-electron chi connectivity index (χ1n) is 32.5. The summed E-state index contributed by atoms with van der Waals surface area (Å²) in [6.45, 7) is 4.94. The van der Waals surface area contributed by atoms with E-state index in [-0.39, 0.29) is 18.5 Å². The number of nitrogens with one attached hydrogen (secondary N) is 1. The smallest absolute Gasteiger partial charge is 0.305 e. The highest BCUT2D eigenvalue weighted by atomic mass is 16.5. The molecule has 2 atom stereocenters. The van der Waals surface area contributed by atoms with Gasteiger partial charge < -0.3 is 20.3 Å². The number of carbonyl (C=O) groups excluding carboxylic acids is 2. The molecule has 0 saturated carbocycles. The fraction of sp³-hybridized carbons (Fsp3) is 0.938. The van der Waals surface area contributed by atoms with Gasteiger partial charge in [0.05, 0.1) is 25.4 Å². The quantitative estimate of drug-likeness (QED) is 0.0320. The molecule has 2 unspecified atom stereocenters. The van der Waals surface area contributed by atoms with Gasteiger partial charge in [0.2, 0.25) is 5.91 Å². The number of hydrogen-bond acceptors (Lipinski definition) is 5. The number of aliphatic hydroxyl groups is 2. The van der Waals surface area contributed by atoms with Crippen LogP contribution in [-0.4, -0.2) is 47.4 Å². The normalized spacial score (nSPS) is 12.6. The Morgan fingerprint density at radius 2 is 0.648 bits per heavy atom. The number of hydrogen-bond donors (Lipinski definition) is 3. The summed E-state index contributed by atoms with van der Waals surface area (Å²) in [6, 6.07) is -0.629. The summed E-state index contributed by atoms with van der Waals surface area (Å²) in [4.78, 5) is 24.6. The maximum Gasteiger partial charge on any atom is 0.305 e. The van der Waals surface area contributed by atoms with Crippen LogP contribution in [0, 0.1) is 0 Å². The lowest BCUT2D eigenvalue weighted by atomic mass is 10.0. The lowest BCUT2D eigenvalue weighted by molar-refractivity contribution is -0.143. The van der Waals surface area contributed by atoms with E-state index in [1.807, 2.05) is 6.08 Å². The van der Waals surface area contributed by atoms with Gasteiger partial charge in [0.1, 0.15) is 0 Å². The van der Waals surface area contributed by atoms with Crippen molar-refractivity contribution in [2.45, 2.75) is 379 Å². The van der Waals surface area contributed by atoms with Crippen molar-refractivity contribution in [1.29, 1.82) is 0 Å². The Hall–Kier alpha value is -1.40. The average Bonchev–Trinajstić information content (AvgIpc) is 3.37. The summed E-state index contributed by atoms with van der Waals surface area (Å²) in [5.41, 5.74) is 0. The van der Waals surface area contributed by atoms with Crippen molar-refractivity contribution in [1.82, 2.24) is 5.32 Å². The molecule has 1 amide bonds. The Balaban J connectivity index is 3.40. The highest BCUT2D eigenvalue weighted by Gasteiger charge is 2.18. The molecule has 0 heterocycles. The van der Waals surface area contributed by atoms with Gasteiger partial charge in [-0.3, -0.25) is 9.59 Å². The van der Waals surface area contributed by atoms with Crippen LogP contribution in [0.4, 0.5) is 0 Å². The Morgan fingerprint density at radius 1 is 0.380 bits per heavy atom. The van der Waals surface area contributed by atoms with Gasteiger partial charge in [-0.15, -0.1) is 0 Å². The topological polar surface area (TPSA) is 95.9 Å². The molecule has 0 aliphatic rings. The largest absolute Gasteiger partial charge is 0.466 e. The van der Waals surface area contributed by atoms with Crippen molar-refractivity contribution < 1.29 is 24.5 Å². The van der Waals surface area contributed by atoms with Crippen LogP contribution in [0.3, 0.4) is 0 Å². The number of rotatable bonds is 61. The number of ether oxygens (including phenoxy) is 1. The standard InChI is InChI=1S/C65H127NO5/c1-3-5-7-9-11-13-15-17-19-20-23-26-30-33-37-41-45-49-53-57-63(68)62(61-67)66-64(69)58-54-50-46-42-38-34-31-27-24-21-22-25-28-32-36-40-44-48-52-56-60-71-65(70)59-55-51-47-43-39-35-29-18-16-14-12-10-8-6-4-2/h53,57,62-63,67-68H,3-52,54-56,58-61H2,1-2H3,(H,66,69)/b57-53+. The van der Waals surface area contributed by atoms with E-state index in [4.69, 9.17) is 4.74 Å². The second-order valence-corrected chi connectivity index (χ2v) is 22.5. The molecule has 0 aliphatic carbocycles. The molecule has 0 aromatic rings. The number of aliphatic hydroxyl groups excluding tert-OH is 2. The molecule has 0 aliphatic heterocycles. The zero-order valence-corrected chi connectivity index (χ0v) is 48.2. The zero-order valence-electron chi connectivity index (χ0n) is 48.2. The molecular weight excluding hydrogens is 875 g/mol. The maximum atomic E-state index is 12.5. The first-order chi connectivity index (χ1) is 35.0. The van der Waals surface area contributed by atoms with Crippen LogP contribution in [0.15, 0.2) is 12.2 Å². The van der Waals surface area contributed by atoms with Crippen molar-refractivity contribution in [3.05, 3.63) is 12.2 Å². The van der Waals surface area contributed by atoms with Crippen molar-refractivity contribution in [3.63, 3.8) is 0 Å². The molecular formula is C65H127NO5. The third kappa shape index (κ3) is 57.7. The minimum atomic E-state index is -0.845. The fourth-order valence-electron chi connectivity index (χ4n) is 10.3. The second kappa shape index (κ2) is 61.1. The Bertz CT molecular complexity index is 1060. The molecule has 0 radical (unpaired) electrons. The molecule has 6 heteroatoms. The van der Waals surface area contributed by atoms with Gasteiger partial charge in [-0.2, -0.15) is 0 Å². The third-order valence-electron chi connectivity index (χ3n) is 15.3. The minimum absolute atomic E-state index is 0.0137. The molecule has 0 bridgehead atoms. The van der Waals surface area contributed by atoms with E-state index in [2.05, 4.69) is 19.2 Å². The third-order valence-corrected chi connectivity index (χ3v) is 15.3. The molecule has 0 aromatic carbocycles. The van der Waals surface area contributed by atoms with Crippen LogP contribution in [-0.2, 0) is 14.3 Å². The molecule has 3 N–H and O–H groups in total. The van der Waals surface area contributed by atoms with E-state index in [0.29, 0.717) is 19.4 Å². The predicted molar refractivity (Wildman–Crippen MR) is 310 cm³/mol. The zero-order chi connectivity index (χ0) is 51.4. The second-order valence-electron chi connectivity index (χ2n) is 22.5. The van der Waals surface area contributed by atoms with Crippen LogP contribution in [0.25, 0.3) is 0 Å². The van der Waals surface area contributed by atoms with Gasteiger partial charge in [0, 0.05) is 12.8 Å². The molecule has 0 fully saturated rings. The number of amides is 1. The first kappa shape index (κ1) is 69.6. The lowest BCUT2D eigenvalue weighted by Gasteiger charge is -2.20. The van der Waals surface area contributed by atoms with E-state index >= 15 is 0 Å². The number of allylic oxidation sites excluding steroid dienone is 1. The molecule has 0 rings (SSSR count). The summed E-state index contributed by atoms with van der Waals surface area (Å²) in [6.07, 6.45) is 74.0. The van der Waals surface area contributed by atoms with E-state index in [0.717, 1.165) is 38.5 Å². The average molecular weight is 1000 g/mol. The predicted octanol–water partition coefficient (Wildman–Crippen LogP) is 20.4. The fourth-order valence-corrected chi connectivity index (χ4v) is 10.3. The van der Waals surface area contributed by atoms with Crippen LogP contribution in [0.5, 0.6) is 0 Å². The Labute approximate surface area is 444 Å². The van der Waals surface area contributed by atoms with E-state index < -0.39 is 12.1 Å². The summed E-state index contributed by atoms with van der Waals surface area (Å²) < 4.78 is 5.49. The van der Waals surface area contributed by atoms with E-state index in [9.17, 15) is 19.8 Å². The Kier molecular flexibility index (Phi) is 59.9. The summed E-state index contributed by atoms with van der Waals surface area (Å²) >= 11 is 0. The molecule has 422 valence electrons. The molecule has 0 spiro atoms. The maximum absolute atomic E-state index is 12.5. The highest BCUT2D eigenvalue weighted by molar-refractivity contribution is 5.76. The minimum Gasteiger partial charge on any atom is -0.466 e. The number of carbonyl (C=O) groups is 2. The summed E-state index contributed by atoms with van der Waals surface area (Å²) in [7, 11) is 0. The van der Waals surface area contributed by atoms with Gasteiger partial charge in [-0.25, -0.2) is 0 Å². The molecule has 0 aromatic heterocycles. The molecule has 71 heavy (non-hydrogen) atoms. The van der Waals surface area contributed by atoms with Crippen LogP contribution >= 0.6 is 0 Å². The molecule has 0 saturated heterocycles. The highest BCUT2D eigenvalue weighted by Crippen LogP contribution is 2.18.